The lowest BCUT2D eigenvalue weighted by atomic mass is 10.1. The quantitative estimate of drug-likeness (QED) is 0.840. The smallest absolute Gasteiger partial charge is 0.226 e. The van der Waals surface area contributed by atoms with Crippen LogP contribution >= 0.6 is 23.7 Å². The van der Waals surface area contributed by atoms with Crippen LogP contribution in [0.25, 0.3) is 0 Å². The van der Waals surface area contributed by atoms with Crippen molar-refractivity contribution < 1.29 is 9.53 Å². The maximum absolute atomic E-state index is 12.0. The van der Waals surface area contributed by atoms with E-state index in [0.29, 0.717) is 31.2 Å². The monoisotopic (exact) mass is 339 g/mol. The molecule has 1 aromatic heterocycles. The van der Waals surface area contributed by atoms with E-state index in [4.69, 9.17) is 10.5 Å². The van der Waals surface area contributed by atoms with Gasteiger partial charge in [0.1, 0.15) is 0 Å². The van der Waals surface area contributed by atoms with Crippen molar-refractivity contribution in [3.63, 3.8) is 0 Å². The highest BCUT2D eigenvalue weighted by Crippen LogP contribution is 2.27. The molecule has 1 aromatic carbocycles. The fourth-order valence-electron chi connectivity index (χ4n) is 2.27. The molecular formula is C15H18ClN3O2S. The van der Waals surface area contributed by atoms with Gasteiger partial charge in [0.05, 0.1) is 23.8 Å². The number of amides is 1. The van der Waals surface area contributed by atoms with Gasteiger partial charge in [-0.1, -0.05) is 29.5 Å². The Morgan fingerprint density at radius 3 is 3.00 bits per heavy atom. The molecule has 2 heterocycles. The molecule has 0 fully saturated rings. The first-order chi connectivity index (χ1) is 10.2. The number of nitrogen functional groups attached to an aromatic ring is 1. The van der Waals surface area contributed by atoms with E-state index in [0.717, 1.165) is 28.2 Å². The van der Waals surface area contributed by atoms with E-state index in [1.807, 2.05) is 24.3 Å². The third kappa shape index (κ3) is 3.97. The maximum Gasteiger partial charge on any atom is 0.226 e. The summed E-state index contributed by atoms with van der Waals surface area (Å²) in [4.78, 5) is 17.6. The normalized spacial score (nSPS) is 13.1. The topological polar surface area (TPSA) is 77.2 Å². The number of rotatable bonds is 4. The molecule has 7 heteroatoms. The number of para-hydroxylation sites is 1. The molecule has 3 rings (SSSR count). The second-order valence-electron chi connectivity index (χ2n) is 4.94. The Bertz CT molecular complexity index is 636. The number of hydrogen-bond donors (Lipinski definition) is 2. The van der Waals surface area contributed by atoms with Gasteiger partial charge in [-0.05, 0) is 18.1 Å². The highest BCUT2D eigenvalue weighted by molar-refractivity contribution is 7.15. The van der Waals surface area contributed by atoms with Crippen LogP contribution in [0.15, 0.2) is 24.3 Å². The molecule has 0 spiro atoms. The van der Waals surface area contributed by atoms with Crippen LogP contribution in [0.4, 0.5) is 10.8 Å². The van der Waals surface area contributed by atoms with E-state index < -0.39 is 0 Å². The number of hydrogen-bond acceptors (Lipinski definition) is 5. The number of thiazole rings is 1. The molecule has 0 saturated carbocycles. The van der Waals surface area contributed by atoms with Gasteiger partial charge in [-0.2, -0.15) is 0 Å². The number of aromatic nitrogens is 1. The van der Waals surface area contributed by atoms with Gasteiger partial charge in [0.15, 0.2) is 5.13 Å². The molecule has 0 aliphatic carbocycles. The van der Waals surface area contributed by atoms with Crippen molar-refractivity contribution in [1.29, 1.82) is 0 Å². The van der Waals surface area contributed by atoms with Gasteiger partial charge in [0.25, 0.3) is 0 Å². The number of benzene rings is 1. The molecule has 1 aliphatic rings. The average Bonchev–Trinajstić information content (AvgIpc) is 2.88. The zero-order valence-corrected chi connectivity index (χ0v) is 13.6. The van der Waals surface area contributed by atoms with Crippen LogP contribution in [0.3, 0.4) is 0 Å². The number of nitrogens with zero attached hydrogens (tertiary/aromatic N) is 1. The van der Waals surface area contributed by atoms with E-state index in [2.05, 4.69) is 10.3 Å². The van der Waals surface area contributed by atoms with E-state index in [1.165, 1.54) is 11.3 Å². The first-order valence-electron chi connectivity index (χ1n) is 6.92. The zero-order chi connectivity index (χ0) is 14.7. The fourth-order valence-corrected chi connectivity index (χ4v) is 3.23. The van der Waals surface area contributed by atoms with Gasteiger partial charge < -0.3 is 15.8 Å². The highest BCUT2D eigenvalue weighted by atomic mass is 35.5. The summed E-state index contributed by atoms with van der Waals surface area (Å²) >= 11 is 1.50. The Morgan fingerprint density at radius 1 is 1.41 bits per heavy atom. The highest BCUT2D eigenvalue weighted by Gasteiger charge is 2.16. The SMILES string of the molecule is Cl.Nc1ccccc1CCC(=O)Nc1nc2c(s1)COCC2. The Labute approximate surface area is 139 Å². The summed E-state index contributed by atoms with van der Waals surface area (Å²) in [5.41, 5.74) is 8.65. The summed E-state index contributed by atoms with van der Waals surface area (Å²) in [6.45, 7) is 1.31. The van der Waals surface area contributed by atoms with Gasteiger partial charge in [-0.15, -0.1) is 12.4 Å². The maximum atomic E-state index is 12.0. The number of fused-ring (bicyclic) bond motifs is 1. The molecule has 0 atom stereocenters. The number of aryl methyl sites for hydroxylation is 1. The molecule has 0 saturated heterocycles. The van der Waals surface area contributed by atoms with Crippen LogP contribution in [0, 0.1) is 0 Å². The molecule has 0 bridgehead atoms. The van der Waals surface area contributed by atoms with Gasteiger partial charge in [-0.3, -0.25) is 4.79 Å². The van der Waals surface area contributed by atoms with Crippen LogP contribution < -0.4 is 11.1 Å². The van der Waals surface area contributed by atoms with E-state index >= 15 is 0 Å². The van der Waals surface area contributed by atoms with Crippen molar-refractivity contribution in [3.05, 3.63) is 40.4 Å². The molecule has 0 radical (unpaired) electrons. The molecule has 2 aromatic rings. The minimum Gasteiger partial charge on any atom is -0.399 e. The van der Waals surface area contributed by atoms with Gasteiger partial charge in [0, 0.05) is 18.5 Å². The minimum atomic E-state index is -0.0368. The van der Waals surface area contributed by atoms with Crippen LogP contribution in [0.2, 0.25) is 0 Å². The van der Waals surface area contributed by atoms with Crippen molar-refractivity contribution >= 4 is 40.5 Å². The number of nitrogens with one attached hydrogen (secondary N) is 1. The third-order valence-corrected chi connectivity index (χ3v) is 4.40. The molecule has 3 N–H and O–H groups in total. The molecular weight excluding hydrogens is 322 g/mol. The van der Waals surface area contributed by atoms with Crippen molar-refractivity contribution in [2.24, 2.45) is 0 Å². The van der Waals surface area contributed by atoms with Crippen LogP contribution in [-0.2, 0) is 29.0 Å². The summed E-state index contributed by atoms with van der Waals surface area (Å²) in [6.07, 6.45) is 1.85. The van der Waals surface area contributed by atoms with Crippen LogP contribution in [-0.4, -0.2) is 17.5 Å². The molecule has 1 aliphatic heterocycles. The molecule has 5 nitrogen and oxygen atoms in total. The summed E-state index contributed by atoms with van der Waals surface area (Å²) in [5, 5.41) is 3.52. The molecule has 1 amide bonds. The summed E-state index contributed by atoms with van der Waals surface area (Å²) in [6, 6.07) is 7.61. The lowest BCUT2D eigenvalue weighted by Gasteiger charge is -2.08. The Hall–Kier alpha value is -1.63. The number of ether oxygens (including phenoxy) is 1. The van der Waals surface area contributed by atoms with E-state index in [9.17, 15) is 4.79 Å². The molecule has 118 valence electrons. The van der Waals surface area contributed by atoms with Crippen molar-refractivity contribution in [2.45, 2.75) is 25.9 Å². The first kappa shape index (κ1) is 16.7. The van der Waals surface area contributed by atoms with Crippen molar-refractivity contribution in [3.8, 4) is 0 Å². The Morgan fingerprint density at radius 2 is 2.23 bits per heavy atom. The second kappa shape index (κ2) is 7.58. The summed E-state index contributed by atoms with van der Waals surface area (Å²) in [5.74, 6) is -0.0368. The minimum absolute atomic E-state index is 0. The number of halogens is 1. The van der Waals surface area contributed by atoms with Crippen LogP contribution in [0.1, 0.15) is 22.6 Å². The Balaban J connectivity index is 0.00000176. The summed E-state index contributed by atoms with van der Waals surface area (Å²) < 4.78 is 5.38. The number of carbonyl (C=O) groups excluding carboxylic acids is 1. The van der Waals surface area contributed by atoms with E-state index in [-0.39, 0.29) is 18.3 Å². The lowest BCUT2D eigenvalue weighted by molar-refractivity contribution is -0.116. The second-order valence-corrected chi connectivity index (χ2v) is 6.02. The largest absolute Gasteiger partial charge is 0.399 e. The first-order valence-corrected chi connectivity index (χ1v) is 7.73. The number of nitrogens with two attached hydrogens (primary N) is 1. The van der Waals surface area contributed by atoms with Gasteiger partial charge >= 0.3 is 0 Å². The standard InChI is InChI=1S/C15H17N3O2S.ClH/c16-11-4-2-1-3-10(11)5-6-14(19)18-15-17-12-7-8-20-9-13(12)21-15;/h1-4H,5-9,16H2,(H,17,18,19);1H. The zero-order valence-electron chi connectivity index (χ0n) is 12.0. The number of carbonyl (C=O) groups is 1. The van der Waals surface area contributed by atoms with Crippen LogP contribution in [0.5, 0.6) is 0 Å². The lowest BCUT2D eigenvalue weighted by Crippen LogP contribution is -2.12. The average molecular weight is 340 g/mol. The summed E-state index contributed by atoms with van der Waals surface area (Å²) in [7, 11) is 0. The van der Waals surface area contributed by atoms with Crippen molar-refractivity contribution in [2.75, 3.05) is 17.7 Å². The number of anilines is 2. The molecule has 22 heavy (non-hydrogen) atoms. The predicted molar refractivity (Wildman–Crippen MR) is 90.5 cm³/mol. The Kier molecular flexibility index (Phi) is 5.76. The third-order valence-electron chi connectivity index (χ3n) is 3.42. The molecule has 0 unspecified atom stereocenters. The van der Waals surface area contributed by atoms with Gasteiger partial charge in [0.2, 0.25) is 5.91 Å². The van der Waals surface area contributed by atoms with Gasteiger partial charge in [-0.25, -0.2) is 4.98 Å². The van der Waals surface area contributed by atoms with Crippen molar-refractivity contribution in [1.82, 2.24) is 4.98 Å². The fraction of sp³-hybridized carbons (Fsp3) is 0.333. The van der Waals surface area contributed by atoms with E-state index in [1.54, 1.807) is 0 Å². The predicted octanol–water partition coefficient (Wildman–Crippen LogP) is 2.79.